The summed E-state index contributed by atoms with van der Waals surface area (Å²) in [5, 5.41) is 7.82. The van der Waals surface area contributed by atoms with Crippen LogP contribution in [-0.2, 0) is 9.84 Å². The summed E-state index contributed by atoms with van der Waals surface area (Å²) in [4.78, 5) is 15.6. The van der Waals surface area contributed by atoms with Gasteiger partial charge in [0, 0.05) is 13.1 Å². The standard InChI is InChI=1S/C17H22N4O3S/c1-17(2,3)25(23,24)14-9-10-20(12-14)16(22)15-11-18-21(19-15)13-7-5-4-6-8-13/h4-8,11,14H,9-10,12H2,1-3H3/t14-/m0/s1. The Hall–Kier alpha value is -2.22. The van der Waals surface area contributed by atoms with E-state index in [2.05, 4.69) is 10.2 Å². The first-order valence-electron chi connectivity index (χ1n) is 8.20. The normalized spacial score (nSPS) is 18.5. The molecule has 1 saturated heterocycles. The van der Waals surface area contributed by atoms with Gasteiger partial charge in [0.15, 0.2) is 15.5 Å². The Morgan fingerprint density at radius 3 is 2.52 bits per heavy atom. The molecule has 7 nitrogen and oxygen atoms in total. The van der Waals surface area contributed by atoms with Crippen LogP contribution in [0, 0.1) is 0 Å². The summed E-state index contributed by atoms with van der Waals surface area (Å²) in [6.45, 7) is 5.70. The molecule has 1 atom stereocenters. The smallest absolute Gasteiger partial charge is 0.276 e. The Morgan fingerprint density at radius 2 is 1.88 bits per heavy atom. The van der Waals surface area contributed by atoms with Gasteiger partial charge in [0.1, 0.15) is 0 Å². The minimum Gasteiger partial charge on any atom is -0.336 e. The molecule has 2 heterocycles. The zero-order chi connectivity index (χ0) is 18.2. The number of amides is 1. The van der Waals surface area contributed by atoms with Gasteiger partial charge in [-0.25, -0.2) is 8.42 Å². The van der Waals surface area contributed by atoms with Gasteiger partial charge in [-0.05, 0) is 39.3 Å². The fourth-order valence-electron chi connectivity index (χ4n) is 2.87. The minimum atomic E-state index is -3.30. The second-order valence-corrected chi connectivity index (χ2v) is 10.2. The average Bonchev–Trinajstić information content (AvgIpc) is 3.24. The van der Waals surface area contributed by atoms with Gasteiger partial charge in [-0.3, -0.25) is 4.79 Å². The minimum absolute atomic E-state index is 0.205. The average molecular weight is 362 g/mol. The lowest BCUT2D eigenvalue weighted by molar-refractivity contribution is 0.0787. The van der Waals surface area contributed by atoms with Gasteiger partial charge in [0.05, 0.1) is 21.9 Å². The summed E-state index contributed by atoms with van der Waals surface area (Å²) < 4.78 is 24.3. The number of carbonyl (C=O) groups is 1. The van der Waals surface area contributed by atoms with Crippen LogP contribution in [0.4, 0.5) is 0 Å². The molecule has 0 radical (unpaired) electrons. The molecule has 1 aliphatic rings. The summed E-state index contributed by atoms with van der Waals surface area (Å²) in [7, 11) is -3.30. The summed E-state index contributed by atoms with van der Waals surface area (Å²) >= 11 is 0. The van der Waals surface area contributed by atoms with E-state index < -0.39 is 19.8 Å². The van der Waals surface area contributed by atoms with Crippen molar-refractivity contribution < 1.29 is 13.2 Å². The zero-order valence-corrected chi connectivity index (χ0v) is 15.4. The molecule has 0 unspecified atom stereocenters. The molecule has 0 aliphatic carbocycles. The number of sulfone groups is 1. The first kappa shape index (κ1) is 17.6. The molecule has 1 aromatic carbocycles. The first-order chi connectivity index (χ1) is 11.7. The van der Waals surface area contributed by atoms with Gasteiger partial charge in [-0.1, -0.05) is 18.2 Å². The molecule has 0 spiro atoms. The Labute approximate surface area is 147 Å². The molecule has 8 heteroatoms. The SMILES string of the molecule is CC(C)(C)S(=O)(=O)[C@H]1CCN(C(=O)c2cnn(-c3ccccc3)n2)C1. The third-order valence-electron chi connectivity index (χ3n) is 4.42. The van der Waals surface area contributed by atoms with Crippen LogP contribution in [0.2, 0.25) is 0 Å². The molecular weight excluding hydrogens is 340 g/mol. The van der Waals surface area contributed by atoms with Crippen LogP contribution < -0.4 is 0 Å². The van der Waals surface area contributed by atoms with Crippen LogP contribution in [0.3, 0.4) is 0 Å². The van der Waals surface area contributed by atoms with Gasteiger partial charge < -0.3 is 4.90 Å². The fourth-order valence-corrected chi connectivity index (χ4v) is 4.67. The molecular formula is C17H22N4O3S. The van der Waals surface area contributed by atoms with Crippen LogP contribution in [0.1, 0.15) is 37.7 Å². The van der Waals surface area contributed by atoms with Crippen molar-refractivity contribution in [3.8, 4) is 5.69 Å². The maximum absolute atomic E-state index is 12.6. The molecule has 1 amide bonds. The highest BCUT2D eigenvalue weighted by Crippen LogP contribution is 2.27. The van der Waals surface area contributed by atoms with Gasteiger partial charge in [-0.15, -0.1) is 5.10 Å². The molecule has 25 heavy (non-hydrogen) atoms. The van der Waals surface area contributed by atoms with Gasteiger partial charge in [0.2, 0.25) is 0 Å². The van der Waals surface area contributed by atoms with Crippen LogP contribution >= 0.6 is 0 Å². The summed E-state index contributed by atoms with van der Waals surface area (Å²) in [5.41, 5.74) is 0.980. The highest BCUT2D eigenvalue weighted by molar-refractivity contribution is 7.93. The van der Waals surface area contributed by atoms with Crippen LogP contribution in [-0.4, -0.2) is 57.3 Å². The molecule has 2 aromatic rings. The third kappa shape index (κ3) is 3.30. The van der Waals surface area contributed by atoms with Gasteiger partial charge in [-0.2, -0.15) is 9.90 Å². The number of nitrogens with zero attached hydrogens (tertiary/aromatic N) is 4. The lowest BCUT2D eigenvalue weighted by Gasteiger charge is -2.24. The number of carbonyl (C=O) groups excluding carboxylic acids is 1. The van der Waals surface area contributed by atoms with Crippen molar-refractivity contribution in [2.24, 2.45) is 0 Å². The second-order valence-electron chi connectivity index (χ2n) is 7.17. The number of aromatic nitrogens is 3. The Balaban J connectivity index is 1.74. The Kier molecular flexibility index (Phi) is 4.40. The Morgan fingerprint density at radius 1 is 1.20 bits per heavy atom. The number of hydrogen-bond acceptors (Lipinski definition) is 5. The molecule has 0 bridgehead atoms. The largest absolute Gasteiger partial charge is 0.336 e. The van der Waals surface area contributed by atoms with E-state index in [9.17, 15) is 13.2 Å². The highest BCUT2D eigenvalue weighted by atomic mass is 32.2. The molecule has 1 fully saturated rings. The van der Waals surface area contributed by atoms with E-state index in [0.717, 1.165) is 5.69 Å². The van der Waals surface area contributed by atoms with Crippen LogP contribution in [0.5, 0.6) is 0 Å². The van der Waals surface area contributed by atoms with Crippen molar-refractivity contribution in [3.05, 3.63) is 42.2 Å². The van der Waals surface area contributed by atoms with Crippen molar-refractivity contribution in [2.75, 3.05) is 13.1 Å². The summed E-state index contributed by atoms with van der Waals surface area (Å²) in [6.07, 6.45) is 1.87. The summed E-state index contributed by atoms with van der Waals surface area (Å²) in [6, 6.07) is 9.30. The van der Waals surface area contributed by atoms with E-state index >= 15 is 0 Å². The van der Waals surface area contributed by atoms with Crippen molar-refractivity contribution in [3.63, 3.8) is 0 Å². The zero-order valence-electron chi connectivity index (χ0n) is 14.6. The van der Waals surface area contributed by atoms with Crippen molar-refractivity contribution in [2.45, 2.75) is 37.2 Å². The lowest BCUT2D eigenvalue weighted by Crippen LogP contribution is -2.39. The van der Waals surface area contributed by atoms with E-state index in [1.165, 1.54) is 11.0 Å². The van der Waals surface area contributed by atoms with Crippen molar-refractivity contribution in [1.29, 1.82) is 0 Å². The topological polar surface area (TPSA) is 85.2 Å². The number of benzene rings is 1. The molecule has 0 N–H and O–H groups in total. The van der Waals surface area contributed by atoms with Crippen molar-refractivity contribution >= 4 is 15.7 Å². The second kappa shape index (κ2) is 6.25. The predicted octanol–water partition coefficient (Wildman–Crippen LogP) is 1.70. The van der Waals surface area contributed by atoms with Crippen LogP contribution in [0.15, 0.2) is 36.5 Å². The molecule has 134 valence electrons. The maximum Gasteiger partial charge on any atom is 0.276 e. The lowest BCUT2D eigenvalue weighted by atomic mass is 10.3. The number of rotatable bonds is 3. The third-order valence-corrected chi connectivity index (χ3v) is 7.39. The van der Waals surface area contributed by atoms with E-state index in [1.54, 1.807) is 25.7 Å². The molecule has 0 saturated carbocycles. The van der Waals surface area contributed by atoms with E-state index in [0.29, 0.717) is 13.0 Å². The van der Waals surface area contributed by atoms with Gasteiger partial charge >= 0.3 is 0 Å². The van der Waals surface area contributed by atoms with E-state index in [-0.39, 0.29) is 18.1 Å². The summed E-state index contributed by atoms with van der Waals surface area (Å²) in [5.74, 6) is -0.284. The van der Waals surface area contributed by atoms with E-state index in [1.807, 2.05) is 30.3 Å². The Bertz CT molecular complexity index is 869. The van der Waals surface area contributed by atoms with Crippen LogP contribution in [0.25, 0.3) is 5.69 Å². The highest BCUT2D eigenvalue weighted by Gasteiger charge is 2.42. The molecule has 1 aliphatic heterocycles. The number of hydrogen-bond donors (Lipinski definition) is 0. The molecule has 3 rings (SSSR count). The fraction of sp³-hybridized carbons (Fsp3) is 0.471. The monoisotopic (exact) mass is 362 g/mol. The number of para-hydroxylation sites is 1. The predicted molar refractivity (Wildman–Crippen MR) is 94.3 cm³/mol. The maximum atomic E-state index is 12.6. The van der Waals surface area contributed by atoms with E-state index in [4.69, 9.17) is 0 Å². The van der Waals surface area contributed by atoms with Gasteiger partial charge in [0.25, 0.3) is 5.91 Å². The quantitative estimate of drug-likeness (QED) is 0.829. The van der Waals surface area contributed by atoms with Crippen molar-refractivity contribution in [1.82, 2.24) is 19.9 Å². The number of likely N-dealkylation sites (tertiary alicyclic amines) is 1. The first-order valence-corrected chi connectivity index (χ1v) is 9.75. The molecule has 1 aromatic heterocycles.